The molecule has 2 unspecified atom stereocenters. The molecule has 33 heavy (non-hydrogen) atoms. The fourth-order valence-corrected chi connectivity index (χ4v) is 5.01. The van der Waals surface area contributed by atoms with Gasteiger partial charge in [-0.3, -0.25) is 9.69 Å². The molecule has 0 saturated carbocycles. The number of fused-ring (bicyclic) bond motifs is 1. The van der Waals surface area contributed by atoms with Crippen LogP contribution < -0.4 is 5.56 Å². The maximum absolute atomic E-state index is 13.4. The first kappa shape index (κ1) is 21.5. The van der Waals surface area contributed by atoms with Gasteiger partial charge in [-0.2, -0.15) is 0 Å². The highest BCUT2D eigenvalue weighted by Crippen LogP contribution is 2.31. The lowest BCUT2D eigenvalue weighted by molar-refractivity contribution is 0.141. The van der Waals surface area contributed by atoms with Crippen LogP contribution in [0.2, 0.25) is 0 Å². The van der Waals surface area contributed by atoms with Crippen LogP contribution in [0.5, 0.6) is 0 Å². The third-order valence-corrected chi connectivity index (χ3v) is 6.72. The van der Waals surface area contributed by atoms with Crippen LogP contribution in [0.3, 0.4) is 0 Å². The average Bonchev–Trinajstić information content (AvgIpc) is 3.28. The van der Waals surface area contributed by atoms with Gasteiger partial charge in [0.25, 0.3) is 5.56 Å². The third-order valence-electron chi connectivity index (χ3n) is 6.72. The number of hydrogen-bond acceptors (Lipinski definition) is 5. The van der Waals surface area contributed by atoms with Gasteiger partial charge in [0.2, 0.25) is 0 Å². The molecule has 1 aliphatic heterocycles. The molecule has 2 aromatic carbocycles. The Labute approximate surface area is 193 Å². The molecule has 5 rings (SSSR count). The van der Waals surface area contributed by atoms with Crippen LogP contribution in [0.4, 0.5) is 0 Å². The van der Waals surface area contributed by atoms with Crippen LogP contribution in [-0.2, 0) is 13.0 Å². The first-order chi connectivity index (χ1) is 16.1. The lowest BCUT2D eigenvalue weighted by atomic mass is 9.95. The predicted molar refractivity (Wildman–Crippen MR) is 129 cm³/mol. The molecule has 7 nitrogen and oxygen atoms in total. The lowest BCUT2D eigenvalue weighted by Gasteiger charge is -2.36. The van der Waals surface area contributed by atoms with E-state index < -0.39 is 0 Å². The second kappa shape index (κ2) is 9.27. The monoisotopic (exact) mass is 442 g/mol. The van der Waals surface area contributed by atoms with Gasteiger partial charge in [0.1, 0.15) is 6.04 Å². The van der Waals surface area contributed by atoms with Crippen molar-refractivity contribution in [3.05, 3.63) is 87.5 Å². The number of tetrazole rings is 1. The van der Waals surface area contributed by atoms with Crippen molar-refractivity contribution in [2.75, 3.05) is 13.1 Å². The summed E-state index contributed by atoms with van der Waals surface area (Å²) >= 11 is 0. The van der Waals surface area contributed by atoms with E-state index in [0.29, 0.717) is 18.0 Å². The van der Waals surface area contributed by atoms with E-state index in [9.17, 15) is 4.79 Å². The first-order valence-electron chi connectivity index (χ1n) is 11.8. The molecule has 170 valence electrons. The molecule has 1 saturated heterocycles. The van der Waals surface area contributed by atoms with Crippen molar-refractivity contribution in [1.29, 1.82) is 0 Å². The lowest BCUT2D eigenvalue weighted by Crippen LogP contribution is -2.41. The van der Waals surface area contributed by atoms with E-state index in [1.807, 2.05) is 48.0 Å². The minimum Gasteiger partial charge on any atom is -0.321 e. The van der Waals surface area contributed by atoms with Gasteiger partial charge in [0.15, 0.2) is 5.82 Å². The van der Waals surface area contributed by atoms with Gasteiger partial charge < -0.3 is 4.98 Å². The summed E-state index contributed by atoms with van der Waals surface area (Å²) < 4.78 is 1.87. The highest BCUT2D eigenvalue weighted by Gasteiger charge is 2.32. The van der Waals surface area contributed by atoms with E-state index in [0.717, 1.165) is 48.2 Å². The van der Waals surface area contributed by atoms with Gasteiger partial charge in [0.05, 0.1) is 5.52 Å². The van der Waals surface area contributed by atoms with Crippen molar-refractivity contribution < 1.29 is 0 Å². The van der Waals surface area contributed by atoms with E-state index in [-0.39, 0.29) is 11.6 Å². The van der Waals surface area contributed by atoms with E-state index in [4.69, 9.17) is 0 Å². The molecule has 1 N–H and O–H groups in total. The van der Waals surface area contributed by atoms with Crippen LogP contribution in [-0.4, -0.2) is 43.2 Å². The number of para-hydroxylation sites is 1. The smallest absolute Gasteiger partial charge is 0.253 e. The predicted octanol–water partition coefficient (Wildman–Crippen LogP) is 3.89. The van der Waals surface area contributed by atoms with E-state index in [1.165, 1.54) is 12.0 Å². The second-order valence-electron chi connectivity index (χ2n) is 9.23. The molecule has 0 amide bonds. The number of nitrogens with one attached hydrogen (secondary N) is 1. The number of likely N-dealkylation sites (tertiary alicyclic amines) is 1. The Morgan fingerprint density at radius 1 is 1.15 bits per heavy atom. The van der Waals surface area contributed by atoms with Crippen molar-refractivity contribution in [3.63, 3.8) is 0 Å². The van der Waals surface area contributed by atoms with Crippen LogP contribution >= 0.6 is 0 Å². The summed E-state index contributed by atoms with van der Waals surface area (Å²) in [6.45, 7) is 6.80. The topological polar surface area (TPSA) is 79.7 Å². The molecule has 1 aliphatic rings. The number of nitrogens with zero attached hydrogens (tertiary/aromatic N) is 5. The van der Waals surface area contributed by atoms with Gasteiger partial charge in [-0.1, -0.05) is 55.5 Å². The summed E-state index contributed by atoms with van der Waals surface area (Å²) in [5.74, 6) is 1.30. The Balaban J connectivity index is 1.57. The Morgan fingerprint density at radius 2 is 2.00 bits per heavy atom. The molecule has 2 atom stereocenters. The molecule has 4 aromatic rings. The SMILES string of the molecule is Cc1cccc2cc(C(c3nnnn3CCc3ccccc3)N3CCCC(C)C3)c(=O)[nH]c12. The summed E-state index contributed by atoms with van der Waals surface area (Å²) in [6.07, 6.45) is 3.14. The highest BCUT2D eigenvalue weighted by molar-refractivity contribution is 5.82. The second-order valence-corrected chi connectivity index (χ2v) is 9.23. The van der Waals surface area contributed by atoms with Gasteiger partial charge in [0, 0.05) is 18.7 Å². The van der Waals surface area contributed by atoms with Crippen LogP contribution in [0.15, 0.2) is 59.4 Å². The Kier molecular flexibility index (Phi) is 6.05. The maximum Gasteiger partial charge on any atom is 0.253 e. The van der Waals surface area contributed by atoms with E-state index >= 15 is 0 Å². The molecule has 0 bridgehead atoms. The number of H-pyrrole nitrogens is 1. The number of rotatable bonds is 6. The number of hydrogen-bond donors (Lipinski definition) is 1. The zero-order valence-electron chi connectivity index (χ0n) is 19.2. The quantitative estimate of drug-likeness (QED) is 0.490. The van der Waals surface area contributed by atoms with Crippen LogP contribution in [0.1, 0.15) is 48.3 Å². The van der Waals surface area contributed by atoms with Crippen molar-refractivity contribution in [3.8, 4) is 0 Å². The van der Waals surface area contributed by atoms with Crippen molar-refractivity contribution in [2.24, 2.45) is 5.92 Å². The minimum atomic E-state index is -0.285. The zero-order valence-corrected chi connectivity index (χ0v) is 19.2. The Bertz CT molecular complexity index is 1300. The fourth-order valence-electron chi connectivity index (χ4n) is 5.01. The molecule has 7 heteroatoms. The molecule has 1 fully saturated rings. The summed E-state index contributed by atoms with van der Waals surface area (Å²) in [5, 5.41) is 13.8. The van der Waals surface area contributed by atoms with Gasteiger partial charge in [-0.25, -0.2) is 4.68 Å². The largest absolute Gasteiger partial charge is 0.321 e. The first-order valence-corrected chi connectivity index (χ1v) is 11.8. The normalized spacial score (nSPS) is 17.9. The van der Waals surface area contributed by atoms with Crippen LogP contribution in [0, 0.1) is 12.8 Å². The van der Waals surface area contributed by atoms with Gasteiger partial charge in [-0.05, 0) is 71.7 Å². The number of benzene rings is 2. The summed E-state index contributed by atoms with van der Waals surface area (Å²) in [4.78, 5) is 18.9. The average molecular weight is 443 g/mol. The van der Waals surface area contributed by atoms with E-state index in [1.54, 1.807) is 0 Å². The molecule has 2 aromatic heterocycles. The number of aromatic nitrogens is 5. The van der Waals surface area contributed by atoms with Gasteiger partial charge in [-0.15, -0.1) is 5.10 Å². The molecule has 0 radical (unpaired) electrons. The summed E-state index contributed by atoms with van der Waals surface area (Å²) in [6, 6.07) is 18.2. The molecule has 0 spiro atoms. The van der Waals surface area contributed by atoms with Crippen molar-refractivity contribution in [1.82, 2.24) is 30.1 Å². The van der Waals surface area contributed by atoms with Crippen LogP contribution in [0.25, 0.3) is 10.9 Å². The van der Waals surface area contributed by atoms with Crippen molar-refractivity contribution >= 4 is 10.9 Å². The summed E-state index contributed by atoms with van der Waals surface area (Å²) in [5.41, 5.74) is 3.82. The fraction of sp³-hybridized carbons (Fsp3) is 0.385. The highest BCUT2D eigenvalue weighted by atomic mass is 16.1. The maximum atomic E-state index is 13.4. The molecular weight excluding hydrogens is 412 g/mol. The van der Waals surface area contributed by atoms with E-state index in [2.05, 4.69) is 50.5 Å². The third kappa shape index (κ3) is 4.46. The number of aryl methyl sites for hydroxylation is 3. The molecule has 0 aliphatic carbocycles. The van der Waals surface area contributed by atoms with Gasteiger partial charge >= 0.3 is 0 Å². The Hall–Kier alpha value is -3.32. The zero-order chi connectivity index (χ0) is 22.8. The summed E-state index contributed by atoms with van der Waals surface area (Å²) in [7, 11) is 0. The number of pyridine rings is 1. The number of piperidine rings is 1. The standard InChI is InChI=1S/C26H30N6O/c1-18-8-7-14-31(17-18)24(22-16-21-12-6-9-19(2)23(21)27-26(22)33)25-28-29-30-32(25)15-13-20-10-4-3-5-11-20/h3-6,9-12,16,18,24H,7-8,13-15,17H2,1-2H3,(H,27,33). The molecular formula is C26H30N6O. The minimum absolute atomic E-state index is 0.0716. The van der Waals surface area contributed by atoms with Crippen molar-refractivity contribution in [2.45, 2.75) is 45.7 Å². The molecule has 3 heterocycles. The Morgan fingerprint density at radius 3 is 2.82 bits per heavy atom. The number of aromatic amines is 1.